The molecule has 1 amide bonds. The number of thiazole rings is 1. The molecule has 2 aromatic rings. The van der Waals surface area contributed by atoms with Crippen molar-refractivity contribution in [1.29, 1.82) is 0 Å². The predicted octanol–water partition coefficient (Wildman–Crippen LogP) is 2.38. The second kappa shape index (κ2) is 5.35. The van der Waals surface area contributed by atoms with Gasteiger partial charge in [0.1, 0.15) is 5.54 Å². The first-order chi connectivity index (χ1) is 9.57. The Labute approximate surface area is 126 Å². The molecule has 106 valence electrons. The molecule has 1 heterocycles. The maximum atomic E-state index is 11.7. The fourth-order valence-electron chi connectivity index (χ4n) is 1.98. The number of carbonyl (C=O) groups is 1. The zero-order valence-electron chi connectivity index (χ0n) is 11.3. The average molecular weight is 307 g/mol. The molecule has 1 saturated carbocycles. The van der Waals surface area contributed by atoms with Gasteiger partial charge in [0, 0.05) is 11.8 Å². The number of thioether (sulfide) groups is 1. The van der Waals surface area contributed by atoms with Gasteiger partial charge in [0.25, 0.3) is 0 Å². The van der Waals surface area contributed by atoms with Crippen LogP contribution in [0.25, 0.3) is 10.2 Å². The molecular formula is C14H17N3OS2. The Kier molecular flexibility index (Phi) is 3.70. The Hall–Kier alpha value is -1.11. The number of fused-ring (bicyclic) bond motifs is 1. The van der Waals surface area contributed by atoms with Crippen molar-refractivity contribution in [3.8, 4) is 0 Å². The lowest BCUT2D eigenvalue weighted by Gasteiger charge is -2.26. The summed E-state index contributed by atoms with van der Waals surface area (Å²) >= 11 is 3.25. The predicted molar refractivity (Wildman–Crippen MR) is 84.1 cm³/mol. The Morgan fingerprint density at radius 1 is 1.55 bits per heavy atom. The number of aromatic nitrogens is 1. The van der Waals surface area contributed by atoms with Crippen molar-refractivity contribution in [3.63, 3.8) is 0 Å². The van der Waals surface area contributed by atoms with Gasteiger partial charge >= 0.3 is 0 Å². The molecule has 1 unspecified atom stereocenters. The monoisotopic (exact) mass is 307 g/mol. The van der Waals surface area contributed by atoms with Crippen LogP contribution in [0.5, 0.6) is 0 Å². The molecule has 20 heavy (non-hydrogen) atoms. The van der Waals surface area contributed by atoms with Gasteiger partial charge in [-0.2, -0.15) is 0 Å². The number of nitrogens with one attached hydrogen (secondary N) is 1. The molecule has 1 aliphatic rings. The zero-order valence-corrected chi connectivity index (χ0v) is 12.9. The number of nitrogens with zero attached hydrogens (tertiary/aromatic N) is 1. The molecule has 0 bridgehead atoms. The molecule has 0 radical (unpaired) electrons. The van der Waals surface area contributed by atoms with Crippen LogP contribution in [0.3, 0.4) is 0 Å². The van der Waals surface area contributed by atoms with Crippen LogP contribution in [-0.2, 0) is 4.79 Å². The van der Waals surface area contributed by atoms with E-state index in [4.69, 9.17) is 5.73 Å². The SMILES string of the molecule is CC(CSc1nc2ccccc2s1)(NC1CC1)C(N)=O. The van der Waals surface area contributed by atoms with E-state index < -0.39 is 5.54 Å². The number of primary amides is 1. The van der Waals surface area contributed by atoms with E-state index in [2.05, 4.69) is 16.4 Å². The van der Waals surface area contributed by atoms with E-state index in [0.717, 1.165) is 22.7 Å². The molecular weight excluding hydrogens is 290 g/mol. The van der Waals surface area contributed by atoms with Crippen LogP contribution in [0, 0.1) is 0 Å². The number of nitrogens with two attached hydrogens (primary N) is 1. The number of hydrogen-bond acceptors (Lipinski definition) is 5. The van der Waals surface area contributed by atoms with Crippen molar-refractivity contribution in [2.75, 3.05) is 5.75 Å². The maximum Gasteiger partial charge on any atom is 0.238 e. The van der Waals surface area contributed by atoms with Crippen molar-refractivity contribution in [2.24, 2.45) is 5.73 Å². The van der Waals surface area contributed by atoms with Gasteiger partial charge in [0.05, 0.1) is 10.2 Å². The molecule has 1 aromatic heterocycles. The highest BCUT2D eigenvalue weighted by atomic mass is 32.2. The van der Waals surface area contributed by atoms with Crippen LogP contribution in [-0.4, -0.2) is 28.2 Å². The van der Waals surface area contributed by atoms with Gasteiger partial charge in [0.2, 0.25) is 5.91 Å². The van der Waals surface area contributed by atoms with Crippen molar-refractivity contribution >= 4 is 39.2 Å². The molecule has 4 nitrogen and oxygen atoms in total. The van der Waals surface area contributed by atoms with E-state index in [-0.39, 0.29) is 5.91 Å². The van der Waals surface area contributed by atoms with Crippen LogP contribution in [0.2, 0.25) is 0 Å². The second-order valence-electron chi connectivity index (χ2n) is 5.35. The molecule has 1 aromatic carbocycles. The number of rotatable bonds is 6. The van der Waals surface area contributed by atoms with E-state index in [9.17, 15) is 4.79 Å². The minimum Gasteiger partial charge on any atom is -0.368 e. The molecule has 3 N–H and O–H groups in total. The standard InChI is InChI=1S/C14H17N3OS2/c1-14(12(15)18,17-9-6-7-9)8-19-13-16-10-4-2-3-5-11(10)20-13/h2-5,9,17H,6-8H2,1H3,(H2,15,18). The molecule has 1 aliphatic carbocycles. The number of para-hydroxylation sites is 1. The number of benzene rings is 1. The third kappa shape index (κ3) is 2.97. The summed E-state index contributed by atoms with van der Waals surface area (Å²) in [4.78, 5) is 16.3. The summed E-state index contributed by atoms with van der Waals surface area (Å²) in [7, 11) is 0. The van der Waals surface area contributed by atoms with E-state index in [1.807, 2.05) is 25.1 Å². The van der Waals surface area contributed by atoms with Gasteiger partial charge in [-0.3, -0.25) is 4.79 Å². The maximum absolute atomic E-state index is 11.7. The first-order valence-electron chi connectivity index (χ1n) is 6.63. The molecule has 1 fully saturated rings. The fourth-order valence-corrected chi connectivity index (χ4v) is 4.16. The summed E-state index contributed by atoms with van der Waals surface area (Å²) in [6.45, 7) is 1.88. The van der Waals surface area contributed by atoms with Crippen LogP contribution < -0.4 is 11.1 Å². The van der Waals surface area contributed by atoms with E-state index in [1.165, 1.54) is 4.70 Å². The smallest absolute Gasteiger partial charge is 0.238 e. The van der Waals surface area contributed by atoms with Crippen LogP contribution in [0.4, 0.5) is 0 Å². The molecule has 0 saturated heterocycles. The van der Waals surface area contributed by atoms with E-state index >= 15 is 0 Å². The van der Waals surface area contributed by atoms with Crippen molar-refractivity contribution in [3.05, 3.63) is 24.3 Å². The lowest BCUT2D eigenvalue weighted by molar-refractivity contribution is -0.123. The summed E-state index contributed by atoms with van der Waals surface area (Å²) in [6, 6.07) is 8.51. The quantitative estimate of drug-likeness (QED) is 0.804. The van der Waals surface area contributed by atoms with Crippen molar-refractivity contribution in [1.82, 2.24) is 10.3 Å². The van der Waals surface area contributed by atoms with Crippen LogP contribution in [0.15, 0.2) is 28.6 Å². The largest absolute Gasteiger partial charge is 0.368 e. The number of amides is 1. The van der Waals surface area contributed by atoms with Gasteiger partial charge in [-0.05, 0) is 31.9 Å². The summed E-state index contributed by atoms with van der Waals surface area (Å²) in [5.74, 6) is 0.316. The Morgan fingerprint density at radius 2 is 2.30 bits per heavy atom. The normalized spacial score (nSPS) is 18.1. The van der Waals surface area contributed by atoms with E-state index in [0.29, 0.717) is 11.8 Å². The molecule has 0 aliphatic heterocycles. The first kappa shape index (κ1) is 13.9. The molecule has 6 heteroatoms. The van der Waals surface area contributed by atoms with Gasteiger partial charge < -0.3 is 11.1 Å². The topological polar surface area (TPSA) is 68.0 Å². The Bertz CT molecular complexity index is 605. The van der Waals surface area contributed by atoms with Crippen molar-refractivity contribution < 1.29 is 4.79 Å². The average Bonchev–Trinajstić information content (AvgIpc) is 3.12. The lowest BCUT2D eigenvalue weighted by atomic mass is 10.1. The molecule has 0 spiro atoms. The summed E-state index contributed by atoms with van der Waals surface area (Å²) in [5, 5.41) is 3.35. The molecule has 3 rings (SSSR count). The minimum atomic E-state index is -0.663. The highest BCUT2D eigenvalue weighted by Crippen LogP contribution is 2.32. The van der Waals surface area contributed by atoms with Gasteiger partial charge in [-0.25, -0.2) is 4.98 Å². The highest BCUT2D eigenvalue weighted by molar-refractivity contribution is 8.01. The number of carbonyl (C=O) groups excluding carboxylic acids is 1. The Balaban J connectivity index is 1.71. The lowest BCUT2D eigenvalue weighted by Crippen LogP contribution is -2.55. The molecule has 1 atom stereocenters. The van der Waals surface area contributed by atoms with Gasteiger partial charge in [0.15, 0.2) is 4.34 Å². The highest BCUT2D eigenvalue weighted by Gasteiger charge is 2.37. The Morgan fingerprint density at radius 3 is 2.95 bits per heavy atom. The third-order valence-corrected chi connectivity index (χ3v) is 5.90. The fraction of sp³-hybridized carbons (Fsp3) is 0.429. The van der Waals surface area contributed by atoms with Gasteiger partial charge in [-0.1, -0.05) is 23.9 Å². The minimum absolute atomic E-state index is 0.294. The number of hydrogen-bond donors (Lipinski definition) is 2. The van der Waals surface area contributed by atoms with Crippen LogP contribution >= 0.6 is 23.1 Å². The summed E-state index contributed by atoms with van der Waals surface area (Å²) < 4.78 is 2.15. The first-order valence-corrected chi connectivity index (χ1v) is 8.43. The zero-order chi connectivity index (χ0) is 14.2. The van der Waals surface area contributed by atoms with Gasteiger partial charge in [-0.15, -0.1) is 11.3 Å². The van der Waals surface area contributed by atoms with Crippen LogP contribution in [0.1, 0.15) is 19.8 Å². The summed E-state index contributed by atoms with van der Waals surface area (Å²) in [6.07, 6.45) is 2.27. The third-order valence-electron chi connectivity index (χ3n) is 3.40. The van der Waals surface area contributed by atoms with E-state index in [1.54, 1.807) is 23.1 Å². The summed E-state index contributed by atoms with van der Waals surface area (Å²) in [5.41, 5.74) is 5.90. The van der Waals surface area contributed by atoms with Crippen molar-refractivity contribution in [2.45, 2.75) is 35.7 Å². The second-order valence-corrected chi connectivity index (χ2v) is 7.60.